The number of benzene rings is 1. The predicted molar refractivity (Wildman–Crippen MR) is 74.5 cm³/mol. The van der Waals surface area contributed by atoms with Crippen molar-refractivity contribution in [2.45, 2.75) is 31.4 Å². The first kappa shape index (κ1) is 12.9. The summed E-state index contributed by atoms with van der Waals surface area (Å²) in [4.78, 5) is 14.3. The van der Waals surface area contributed by atoms with Crippen LogP contribution < -0.4 is 10.2 Å². The highest BCUT2D eigenvalue weighted by Gasteiger charge is 2.36. The molecule has 19 heavy (non-hydrogen) atoms. The molecule has 102 valence electrons. The van der Waals surface area contributed by atoms with E-state index in [1.807, 2.05) is 18.2 Å². The van der Waals surface area contributed by atoms with Crippen LogP contribution in [0.25, 0.3) is 0 Å². The van der Waals surface area contributed by atoms with Crippen LogP contribution in [0.15, 0.2) is 18.2 Å². The van der Waals surface area contributed by atoms with Crippen molar-refractivity contribution >= 4 is 23.2 Å². The van der Waals surface area contributed by atoms with Crippen LogP contribution in [-0.2, 0) is 11.2 Å². The van der Waals surface area contributed by atoms with E-state index in [4.69, 9.17) is 11.6 Å². The first-order chi connectivity index (χ1) is 9.18. The number of rotatable bonds is 1. The number of anilines is 1. The predicted octanol–water partition coefficient (Wildman–Crippen LogP) is 1.34. The molecule has 2 N–H and O–H groups in total. The smallest absolute Gasteiger partial charge is 0.246 e. The van der Waals surface area contributed by atoms with Crippen molar-refractivity contribution in [3.63, 3.8) is 0 Å². The van der Waals surface area contributed by atoms with Crippen molar-refractivity contribution in [1.82, 2.24) is 5.32 Å². The molecule has 0 saturated carbocycles. The van der Waals surface area contributed by atoms with Gasteiger partial charge in [-0.15, -0.1) is 0 Å². The molecule has 1 aromatic carbocycles. The van der Waals surface area contributed by atoms with Crippen LogP contribution in [0.1, 0.15) is 18.4 Å². The zero-order valence-electron chi connectivity index (χ0n) is 10.6. The second kappa shape index (κ2) is 5.12. The Morgan fingerprint density at radius 2 is 2.32 bits per heavy atom. The fourth-order valence-corrected chi connectivity index (χ4v) is 3.18. The van der Waals surface area contributed by atoms with Crippen molar-refractivity contribution in [1.29, 1.82) is 0 Å². The first-order valence-corrected chi connectivity index (χ1v) is 7.06. The minimum Gasteiger partial charge on any atom is -0.391 e. The summed E-state index contributed by atoms with van der Waals surface area (Å²) >= 11 is 6.20. The number of fused-ring (bicyclic) bond motifs is 1. The number of nitrogens with zero attached hydrogens (tertiary/aromatic N) is 1. The van der Waals surface area contributed by atoms with Crippen molar-refractivity contribution in [2.75, 3.05) is 18.0 Å². The van der Waals surface area contributed by atoms with Gasteiger partial charge in [0.1, 0.15) is 6.04 Å². The molecule has 1 amide bonds. The Morgan fingerprint density at radius 3 is 3.05 bits per heavy atom. The highest BCUT2D eigenvalue weighted by molar-refractivity contribution is 6.32. The zero-order valence-corrected chi connectivity index (χ0v) is 11.4. The molecule has 0 aromatic heterocycles. The average Bonchev–Trinajstić information content (AvgIpc) is 2.84. The Morgan fingerprint density at radius 1 is 1.47 bits per heavy atom. The number of aliphatic hydroxyl groups excluding tert-OH is 1. The molecule has 1 fully saturated rings. The maximum absolute atomic E-state index is 12.5. The number of carbonyl (C=O) groups is 1. The van der Waals surface area contributed by atoms with Gasteiger partial charge in [0, 0.05) is 17.3 Å². The standard InChI is InChI=1S/C14H17ClN2O2/c15-10-4-1-5-11-9(10)3-2-8-17(11)14(19)13-12(18)6-7-16-13/h1,4-5,12-13,16,18H,2-3,6-8H2/t12-,13+/m1/s1. The second-order valence-corrected chi connectivity index (χ2v) is 5.53. The molecule has 2 heterocycles. The van der Waals surface area contributed by atoms with Gasteiger partial charge in [-0.2, -0.15) is 0 Å². The molecule has 0 aliphatic carbocycles. The van der Waals surface area contributed by atoms with Gasteiger partial charge in [-0.25, -0.2) is 0 Å². The molecule has 0 radical (unpaired) electrons. The Hall–Kier alpha value is -1.10. The molecular formula is C14H17ClN2O2. The monoisotopic (exact) mass is 280 g/mol. The van der Waals surface area contributed by atoms with Gasteiger partial charge in [0.15, 0.2) is 0 Å². The van der Waals surface area contributed by atoms with Gasteiger partial charge in [0.2, 0.25) is 5.91 Å². The van der Waals surface area contributed by atoms with E-state index in [0.717, 1.165) is 29.1 Å². The normalized spacial score (nSPS) is 26.3. The second-order valence-electron chi connectivity index (χ2n) is 5.12. The molecule has 2 aliphatic rings. The van der Waals surface area contributed by atoms with Crippen LogP contribution in [0, 0.1) is 0 Å². The molecule has 4 nitrogen and oxygen atoms in total. The summed E-state index contributed by atoms with van der Waals surface area (Å²) in [5, 5.41) is 13.6. The van der Waals surface area contributed by atoms with Crippen molar-refractivity contribution < 1.29 is 9.90 Å². The summed E-state index contributed by atoms with van der Waals surface area (Å²) in [6.07, 6.45) is 1.86. The Balaban J connectivity index is 1.91. The Labute approximate surface area is 117 Å². The third-order valence-electron chi connectivity index (χ3n) is 3.91. The van der Waals surface area contributed by atoms with E-state index in [9.17, 15) is 9.90 Å². The van der Waals surface area contributed by atoms with Gasteiger partial charge in [0.05, 0.1) is 6.10 Å². The summed E-state index contributed by atoms with van der Waals surface area (Å²) in [7, 11) is 0. The topological polar surface area (TPSA) is 52.6 Å². The summed E-state index contributed by atoms with van der Waals surface area (Å²) in [6.45, 7) is 1.38. The highest BCUT2D eigenvalue weighted by Crippen LogP contribution is 2.33. The number of carbonyl (C=O) groups excluding carboxylic acids is 1. The summed E-state index contributed by atoms with van der Waals surface area (Å²) in [5.74, 6) is -0.0479. The molecule has 0 spiro atoms. The molecular weight excluding hydrogens is 264 g/mol. The van der Waals surface area contributed by atoms with Gasteiger partial charge in [-0.1, -0.05) is 17.7 Å². The SMILES string of the molecule is O=C([C@H]1NCC[C@H]1O)N1CCCc2c(Cl)cccc21. The van der Waals surface area contributed by atoms with Crippen LogP contribution >= 0.6 is 11.6 Å². The fourth-order valence-electron chi connectivity index (χ4n) is 2.92. The van der Waals surface area contributed by atoms with Crippen LogP contribution in [0.2, 0.25) is 5.02 Å². The molecule has 1 saturated heterocycles. The summed E-state index contributed by atoms with van der Waals surface area (Å²) in [6, 6.07) is 5.17. The van der Waals surface area contributed by atoms with Crippen LogP contribution in [-0.4, -0.2) is 36.2 Å². The van der Waals surface area contributed by atoms with E-state index >= 15 is 0 Å². The molecule has 5 heteroatoms. The lowest BCUT2D eigenvalue weighted by Crippen LogP contribution is -2.49. The average molecular weight is 281 g/mol. The van der Waals surface area contributed by atoms with E-state index < -0.39 is 12.1 Å². The zero-order chi connectivity index (χ0) is 13.4. The quantitative estimate of drug-likeness (QED) is 0.816. The Bertz CT molecular complexity index is 506. The molecule has 0 unspecified atom stereocenters. The molecule has 2 atom stereocenters. The number of hydrogen-bond donors (Lipinski definition) is 2. The number of hydrogen-bond acceptors (Lipinski definition) is 3. The maximum atomic E-state index is 12.5. The van der Waals surface area contributed by atoms with Crippen LogP contribution in [0.5, 0.6) is 0 Å². The Kier molecular flexibility index (Phi) is 3.48. The third kappa shape index (κ3) is 2.24. The number of amides is 1. The molecule has 0 bridgehead atoms. The lowest BCUT2D eigenvalue weighted by molar-refractivity contribution is -0.122. The van der Waals surface area contributed by atoms with Gasteiger partial charge in [-0.3, -0.25) is 4.79 Å². The minimum atomic E-state index is -0.586. The first-order valence-electron chi connectivity index (χ1n) is 6.68. The van der Waals surface area contributed by atoms with Gasteiger partial charge >= 0.3 is 0 Å². The molecule has 3 rings (SSSR count). The van der Waals surface area contributed by atoms with Gasteiger partial charge in [0.25, 0.3) is 0 Å². The van der Waals surface area contributed by atoms with Crippen molar-refractivity contribution in [3.05, 3.63) is 28.8 Å². The number of nitrogens with one attached hydrogen (secondary N) is 1. The van der Waals surface area contributed by atoms with E-state index in [1.165, 1.54) is 0 Å². The fraction of sp³-hybridized carbons (Fsp3) is 0.500. The van der Waals surface area contributed by atoms with Crippen LogP contribution in [0.4, 0.5) is 5.69 Å². The molecule has 2 aliphatic heterocycles. The third-order valence-corrected chi connectivity index (χ3v) is 4.27. The number of aliphatic hydroxyl groups is 1. The lowest BCUT2D eigenvalue weighted by atomic mass is 10.00. The van der Waals surface area contributed by atoms with E-state index in [0.29, 0.717) is 19.5 Å². The van der Waals surface area contributed by atoms with E-state index in [1.54, 1.807) is 4.90 Å². The largest absolute Gasteiger partial charge is 0.391 e. The molecule has 1 aromatic rings. The van der Waals surface area contributed by atoms with Gasteiger partial charge < -0.3 is 15.3 Å². The van der Waals surface area contributed by atoms with Gasteiger partial charge in [-0.05, 0) is 43.5 Å². The summed E-state index contributed by atoms with van der Waals surface area (Å²) in [5.41, 5.74) is 1.93. The van der Waals surface area contributed by atoms with Crippen molar-refractivity contribution in [3.8, 4) is 0 Å². The van der Waals surface area contributed by atoms with Crippen molar-refractivity contribution in [2.24, 2.45) is 0 Å². The minimum absolute atomic E-state index is 0.0479. The summed E-state index contributed by atoms with van der Waals surface area (Å²) < 4.78 is 0. The van der Waals surface area contributed by atoms with Crippen LogP contribution in [0.3, 0.4) is 0 Å². The van der Waals surface area contributed by atoms with E-state index in [2.05, 4.69) is 5.32 Å². The lowest BCUT2D eigenvalue weighted by Gasteiger charge is -2.32. The van der Waals surface area contributed by atoms with E-state index in [-0.39, 0.29) is 5.91 Å². The number of halogens is 1. The maximum Gasteiger partial charge on any atom is 0.246 e. The highest BCUT2D eigenvalue weighted by atomic mass is 35.5.